The predicted octanol–water partition coefficient (Wildman–Crippen LogP) is -1.18. The van der Waals surface area contributed by atoms with Gasteiger partial charge in [-0.3, -0.25) is 9.69 Å². The monoisotopic (exact) mass is 321 g/mol. The Bertz CT molecular complexity index is 507. The van der Waals surface area contributed by atoms with Crippen molar-refractivity contribution in [1.29, 1.82) is 0 Å². The Labute approximate surface area is 135 Å². The maximum absolute atomic E-state index is 12.4. The first-order chi connectivity index (χ1) is 11.2. The van der Waals surface area contributed by atoms with Crippen molar-refractivity contribution in [2.45, 2.75) is 6.10 Å². The van der Waals surface area contributed by atoms with E-state index in [2.05, 4.69) is 19.8 Å². The molecule has 3 rings (SSSR count). The fourth-order valence-corrected chi connectivity index (χ4v) is 2.87. The number of hydrogen-bond donors (Lipinski definition) is 1. The van der Waals surface area contributed by atoms with E-state index in [9.17, 15) is 9.90 Å². The SMILES string of the molecule is O=C(CN1CCN(c2ncccn2)CC1)N1CCOC[C@H](O)C1. The Morgan fingerprint density at radius 1 is 1.22 bits per heavy atom. The number of amides is 1. The minimum atomic E-state index is -0.589. The van der Waals surface area contributed by atoms with Gasteiger partial charge in [0.1, 0.15) is 0 Å². The molecule has 1 amide bonds. The van der Waals surface area contributed by atoms with E-state index in [1.165, 1.54) is 0 Å². The van der Waals surface area contributed by atoms with Crippen LogP contribution in [0.1, 0.15) is 0 Å². The van der Waals surface area contributed by atoms with Gasteiger partial charge in [-0.05, 0) is 6.07 Å². The molecule has 2 aliphatic heterocycles. The number of hydrogen-bond acceptors (Lipinski definition) is 7. The van der Waals surface area contributed by atoms with Crippen molar-refractivity contribution in [2.75, 3.05) is 63.9 Å². The third kappa shape index (κ3) is 4.37. The summed E-state index contributed by atoms with van der Waals surface area (Å²) in [4.78, 5) is 26.9. The van der Waals surface area contributed by atoms with Crippen LogP contribution >= 0.6 is 0 Å². The number of anilines is 1. The summed E-state index contributed by atoms with van der Waals surface area (Å²) >= 11 is 0. The molecule has 2 aliphatic rings. The van der Waals surface area contributed by atoms with Crippen molar-refractivity contribution >= 4 is 11.9 Å². The zero-order valence-electron chi connectivity index (χ0n) is 13.2. The molecular weight excluding hydrogens is 298 g/mol. The maximum atomic E-state index is 12.4. The maximum Gasteiger partial charge on any atom is 0.236 e. The molecule has 3 heterocycles. The average Bonchev–Trinajstić information content (AvgIpc) is 2.81. The van der Waals surface area contributed by atoms with Crippen LogP contribution in [0.3, 0.4) is 0 Å². The summed E-state index contributed by atoms with van der Waals surface area (Å²) < 4.78 is 5.26. The van der Waals surface area contributed by atoms with Gasteiger partial charge in [0.15, 0.2) is 0 Å². The molecular formula is C15H23N5O3. The number of aromatic nitrogens is 2. The lowest BCUT2D eigenvalue weighted by Gasteiger charge is -2.35. The van der Waals surface area contributed by atoms with E-state index in [-0.39, 0.29) is 5.91 Å². The van der Waals surface area contributed by atoms with Gasteiger partial charge < -0.3 is 19.6 Å². The van der Waals surface area contributed by atoms with E-state index in [4.69, 9.17) is 4.74 Å². The molecule has 1 aromatic heterocycles. The Kier molecular flexibility index (Phi) is 5.37. The van der Waals surface area contributed by atoms with Crippen LogP contribution in [0.15, 0.2) is 18.5 Å². The molecule has 126 valence electrons. The molecule has 1 aromatic rings. The normalized spacial score (nSPS) is 23.6. The van der Waals surface area contributed by atoms with Crippen LogP contribution in [0.2, 0.25) is 0 Å². The second-order valence-corrected chi connectivity index (χ2v) is 5.88. The number of β-amino-alcohol motifs (C(OH)–C–C–N with tert-alkyl or cyclic N) is 1. The van der Waals surface area contributed by atoms with E-state index in [0.29, 0.717) is 32.8 Å². The lowest BCUT2D eigenvalue weighted by molar-refractivity contribution is -0.133. The predicted molar refractivity (Wildman–Crippen MR) is 84.1 cm³/mol. The zero-order chi connectivity index (χ0) is 16.1. The molecule has 2 saturated heterocycles. The minimum absolute atomic E-state index is 0.0546. The summed E-state index contributed by atoms with van der Waals surface area (Å²) in [6, 6.07) is 1.80. The lowest BCUT2D eigenvalue weighted by atomic mass is 10.3. The summed E-state index contributed by atoms with van der Waals surface area (Å²) in [5.74, 6) is 0.797. The fourth-order valence-electron chi connectivity index (χ4n) is 2.87. The van der Waals surface area contributed by atoms with Crippen LogP contribution in [0.25, 0.3) is 0 Å². The van der Waals surface area contributed by atoms with Crippen molar-refractivity contribution in [2.24, 2.45) is 0 Å². The van der Waals surface area contributed by atoms with Crippen LogP contribution in [0.5, 0.6) is 0 Å². The number of carbonyl (C=O) groups excluding carboxylic acids is 1. The van der Waals surface area contributed by atoms with Gasteiger partial charge in [0.05, 0.1) is 25.9 Å². The molecule has 0 aliphatic carbocycles. The van der Waals surface area contributed by atoms with Gasteiger partial charge in [-0.2, -0.15) is 0 Å². The van der Waals surface area contributed by atoms with Crippen LogP contribution < -0.4 is 4.90 Å². The van der Waals surface area contributed by atoms with Crippen molar-refractivity contribution in [3.8, 4) is 0 Å². The average molecular weight is 321 g/mol. The standard InChI is InChI=1S/C15H23N5O3/c21-13-10-20(8-9-23-12-13)14(22)11-18-4-6-19(7-5-18)15-16-2-1-3-17-15/h1-3,13,21H,4-12H2/t13-/m1/s1. The summed E-state index contributed by atoms with van der Waals surface area (Å²) in [5, 5.41) is 9.72. The van der Waals surface area contributed by atoms with Gasteiger partial charge in [0.25, 0.3) is 0 Å². The summed E-state index contributed by atoms with van der Waals surface area (Å²) in [5.41, 5.74) is 0. The van der Waals surface area contributed by atoms with E-state index in [1.807, 2.05) is 0 Å². The van der Waals surface area contributed by atoms with Crippen LogP contribution in [0.4, 0.5) is 5.95 Å². The van der Waals surface area contributed by atoms with Gasteiger partial charge in [-0.25, -0.2) is 9.97 Å². The molecule has 0 bridgehead atoms. The first-order valence-corrected chi connectivity index (χ1v) is 8.00. The number of rotatable bonds is 3. The molecule has 0 aromatic carbocycles. The molecule has 8 heteroatoms. The third-order valence-corrected chi connectivity index (χ3v) is 4.17. The molecule has 0 radical (unpaired) electrons. The Morgan fingerprint density at radius 2 is 1.96 bits per heavy atom. The van der Waals surface area contributed by atoms with Gasteiger partial charge in [-0.1, -0.05) is 0 Å². The summed E-state index contributed by atoms with van der Waals surface area (Å²) in [6.07, 6.45) is 2.89. The van der Waals surface area contributed by atoms with Crippen LogP contribution in [-0.2, 0) is 9.53 Å². The fraction of sp³-hybridized carbons (Fsp3) is 0.667. The summed E-state index contributed by atoms with van der Waals surface area (Å²) in [6.45, 7) is 5.31. The Morgan fingerprint density at radius 3 is 2.70 bits per heavy atom. The van der Waals surface area contributed by atoms with Crippen molar-refractivity contribution in [3.05, 3.63) is 18.5 Å². The highest BCUT2D eigenvalue weighted by Gasteiger charge is 2.25. The number of carbonyl (C=O) groups is 1. The topological polar surface area (TPSA) is 82.0 Å². The van der Waals surface area contributed by atoms with E-state index < -0.39 is 6.10 Å². The first-order valence-electron chi connectivity index (χ1n) is 8.00. The molecule has 1 N–H and O–H groups in total. The molecule has 0 spiro atoms. The Hall–Kier alpha value is -1.77. The van der Waals surface area contributed by atoms with E-state index in [0.717, 1.165) is 32.1 Å². The largest absolute Gasteiger partial charge is 0.389 e. The van der Waals surface area contributed by atoms with E-state index >= 15 is 0 Å². The third-order valence-electron chi connectivity index (χ3n) is 4.17. The number of nitrogens with zero attached hydrogens (tertiary/aromatic N) is 5. The van der Waals surface area contributed by atoms with Crippen molar-refractivity contribution in [3.63, 3.8) is 0 Å². The lowest BCUT2D eigenvalue weighted by Crippen LogP contribution is -2.51. The van der Waals surface area contributed by atoms with Crippen LogP contribution in [0, 0.1) is 0 Å². The van der Waals surface area contributed by atoms with Gasteiger partial charge >= 0.3 is 0 Å². The summed E-state index contributed by atoms with van der Waals surface area (Å²) in [7, 11) is 0. The second-order valence-electron chi connectivity index (χ2n) is 5.88. The zero-order valence-corrected chi connectivity index (χ0v) is 13.2. The number of ether oxygens (including phenoxy) is 1. The minimum Gasteiger partial charge on any atom is -0.389 e. The molecule has 0 unspecified atom stereocenters. The first kappa shape index (κ1) is 16.1. The molecule has 8 nitrogen and oxygen atoms in total. The highest BCUT2D eigenvalue weighted by Crippen LogP contribution is 2.10. The number of piperazine rings is 1. The van der Waals surface area contributed by atoms with Crippen molar-refractivity contribution < 1.29 is 14.6 Å². The van der Waals surface area contributed by atoms with Gasteiger partial charge in [-0.15, -0.1) is 0 Å². The molecule has 0 saturated carbocycles. The quantitative estimate of drug-likeness (QED) is 0.750. The van der Waals surface area contributed by atoms with Gasteiger partial charge in [0.2, 0.25) is 11.9 Å². The highest BCUT2D eigenvalue weighted by atomic mass is 16.5. The molecule has 2 fully saturated rings. The van der Waals surface area contributed by atoms with Gasteiger partial charge in [0, 0.05) is 51.7 Å². The van der Waals surface area contributed by atoms with E-state index in [1.54, 1.807) is 23.4 Å². The molecule has 23 heavy (non-hydrogen) atoms. The van der Waals surface area contributed by atoms with Crippen LogP contribution in [-0.4, -0.2) is 95.9 Å². The molecule has 1 atom stereocenters. The number of aliphatic hydroxyl groups is 1. The smallest absolute Gasteiger partial charge is 0.236 e. The Balaban J connectivity index is 1.47. The highest BCUT2D eigenvalue weighted by molar-refractivity contribution is 5.78. The second kappa shape index (κ2) is 7.67. The number of aliphatic hydroxyl groups excluding tert-OH is 1. The van der Waals surface area contributed by atoms with Crippen molar-refractivity contribution in [1.82, 2.24) is 19.8 Å².